The molecule has 1 heteroatoms. The molecule has 0 spiro atoms. The van der Waals surface area contributed by atoms with Crippen LogP contribution < -0.4 is 0 Å². The van der Waals surface area contributed by atoms with Crippen LogP contribution in [0.5, 0.6) is 0 Å². The summed E-state index contributed by atoms with van der Waals surface area (Å²) < 4.78 is 5.68. The van der Waals surface area contributed by atoms with E-state index >= 15 is 0 Å². The van der Waals surface area contributed by atoms with Crippen molar-refractivity contribution < 1.29 is 4.74 Å². The highest BCUT2D eigenvalue weighted by molar-refractivity contribution is 5.00. The topological polar surface area (TPSA) is 9.23 Å². The van der Waals surface area contributed by atoms with E-state index in [0.29, 0.717) is 11.7 Å². The van der Waals surface area contributed by atoms with Gasteiger partial charge in [0.1, 0.15) is 0 Å². The van der Waals surface area contributed by atoms with Crippen LogP contribution in [0, 0.1) is 0 Å². The van der Waals surface area contributed by atoms with Gasteiger partial charge in [0.15, 0.2) is 0 Å². The lowest BCUT2D eigenvalue weighted by Gasteiger charge is -2.38. The van der Waals surface area contributed by atoms with Crippen LogP contribution in [0.15, 0.2) is 0 Å². The second-order valence-electron chi connectivity index (χ2n) is 3.42. The van der Waals surface area contributed by atoms with Crippen molar-refractivity contribution in [3.8, 4) is 0 Å². The van der Waals surface area contributed by atoms with Crippen LogP contribution in [-0.2, 0) is 4.74 Å². The molecule has 0 radical (unpaired) electrons. The molecule has 1 aliphatic carbocycles. The van der Waals surface area contributed by atoms with Crippen LogP contribution in [0.25, 0.3) is 0 Å². The Morgan fingerprint density at radius 3 is 2.89 bits per heavy atom. The van der Waals surface area contributed by atoms with Gasteiger partial charge in [-0.15, -0.1) is 0 Å². The summed E-state index contributed by atoms with van der Waals surface area (Å²) in [6.45, 7) is 2.24. The highest BCUT2D eigenvalue weighted by Crippen LogP contribution is 2.49. The van der Waals surface area contributed by atoms with Gasteiger partial charge in [-0.2, -0.15) is 0 Å². The molecule has 52 valence electrons. The molecule has 9 heavy (non-hydrogen) atoms. The summed E-state index contributed by atoms with van der Waals surface area (Å²) in [5.74, 6) is 0. The fourth-order valence-corrected chi connectivity index (χ4v) is 2.25. The summed E-state index contributed by atoms with van der Waals surface area (Å²) in [6.07, 6.45) is 7.28. The van der Waals surface area contributed by atoms with Gasteiger partial charge in [-0.3, -0.25) is 0 Å². The third-order valence-electron chi connectivity index (χ3n) is 2.64. The van der Waals surface area contributed by atoms with Gasteiger partial charge in [-0.05, 0) is 19.3 Å². The lowest BCUT2D eigenvalue weighted by Crippen LogP contribution is -2.41. The minimum absolute atomic E-state index is 0.388. The summed E-state index contributed by atoms with van der Waals surface area (Å²) in [5, 5.41) is 0. The Balaban J connectivity index is 1.95. The van der Waals surface area contributed by atoms with Crippen molar-refractivity contribution in [3.63, 3.8) is 0 Å². The zero-order valence-electron chi connectivity index (χ0n) is 6.02. The fraction of sp³-hybridized carbons (Fsp3) is 1.00. The van der Waals surface area contributed by atoms with Gasteiger partial charge < -0.3 is 4.74 Å². The minimum Gasteiger partial charge on any atom is -0.372 e. The molecule has 2 atom stereocenters. The van der Waals surface area contributed by atoms with Gasteiger partial charge in [0.25, 0.3) is 0 Å². The summed E-state index contributed by atoms with van der Waals surface area (Å²) in [4.78, 5) is 0. The molecule has 1 saturated carbocycles. The Morgan fingerprint density at radius 2 is 2.44 bits per heavy atom. The lowest BCUT2D eigenvalue weighted by molar-refractivity contribution is -0.155. The van der Waals surface area contributed by atoms with E-state index in [4.69, 9.17) is 4.74 Å². The quantitative estimate of drug-likeness (QED) is 0.550. The molecule has 0 aromatic carbocycles. The summed E-state index contributed by atoms with van der Waals surface area (Å²) >= 11 is 0. The van der Waals surface area contributed by atoms with E-state index in [0.717, 1.165) is 0 Å². The van der Waals surface area contributed by atoms with E-state index in [1.807, 2.05) is 0 Å². The molecule has 2 heterocycles. The maximum atomic E-state index is 5.68. The highest BCUT2D eigenvalue weighted by atomic mass is 16.5. The highest BCUT2D eigenvalue weighted by Gasteiger charge is 2.50. The van der Waals surface area contributed by atoms with E-state index in [-0.39, 0.29) is 0 Å². The van der Waals surface area contributed by atoms with E-state index in [1.54, 1.807) is 0 Å². The molecular weight excluding hydrogens is 112 g/mol. The first kappa shape index (κ1) is 5.72. The minimum atomic E-state index is 0.388. The first-order valence-corrected chi connectivity index (χ1v) is 4.02. The molecule has 2 unspecified atom stereocenters. The average Bonchev–Trinajstić information content (AvgIpc) is 2.22. The van der Waals surface area contributed by atoms with Crippen molar-refractivity contribution in [2.75, 3.05) is 0 Å². The Labute approximate surface area is 56.4 Å². The van der Waals surface area contributed by atoms with Gasteiger partial charge in [0.05, 0.1) is 11.7 Å². The predicted octanol–water partition coefficient (Wildman–Crippen LogP) is 2.11. The molecule has 2 saturated heterocycles. The van der Waals surface area contributed by atoms with Crippen LogP contribution >= 0.6 is 0 Å². The molecule has 3 aliphatic rings. The van der Waals surface area contributed by atoms with E-state index < -0.39 is 0 Å². The first-order chi connectivity index (χ1) is 4.35. The number of rotatable bonds is 2. The third kappa shape index (κ3) is 0.710. The normalized spacial score (nSPS) is 47.0. The van der Waals surface area contributed by atoms with E-state index in [1.165, 1.54) is 32.1 Å². The molecule has 0 amide bonds. The molecule has 3 fully saturated rings. The smallest absolute Gasteiger partial charge is 0.0711 e. The van der Waals surface area contributed by atoms with Crippen molar-refractivity contribution >= 4 is 0 Å². The SMILES string of the molecule is CCCC12CCC(C1)O2. The van der Waals surface area contributed by atoms with Crippen LogP contribution in [-0.4, -0.2) is 11.7 Å². The molecule has 2 bridgehead atoms. The van der Waals surface area contributed by atoms with Gasteiger partial charge in [0.2, 0.25) is 0 Å². The molecule has 3 rings (SSSR count). The predicted molar refractivity (Wildman–Crippen MR) is 36.4 cm³/mol. The molecule has 0 N–H and O–H groups in total. The van der Waals surface area contributed by atoms with E-state index in [2.05, 4.69) is 6.92 Å². The van der Waals surface area contributed by atoms with Crippen LogP contribution in [0.3, 0.4) is 0 Å². The standard InChI is InChI=1S/C8H14O/c1-2-4-8-5-3-7(6-8)9-8/h7H,2-6H2,1H3. The Hall–Kier alpha value is -0.0400. The summed E-state index contributed by atoms with van der Waals surface area (Å²) in [5.41, 5.74) is 0.388. The average molecular weight is 126 g/mol. The zero-order chi connectivity index (χ0) is 6.32. The van der Waals surface area contributed by atoms with Crippen molar-refractivity contribution in [2.45, 2.75) is 50.7 Å². The number of hydrogen-bond donors (Lipinski definition) is 0. The molecule has 0 aromatic rings. The monoisotopic (exact) mass is 126 g/mol. The fourth-order valence-electron chi connectivity index (χ4n) is 2.25. The van der Waals surface area contributed by atoms with Crippen molar-refractivity contribution in [1.29, 1.82) is 0 Å². The number of ether oxygens (including phenoxy) is 1. The molecule has 2 aliphatic heterocycles. The molecular formula is C8H14O. The first-order valence-electron chi connectivity index (χ1n) is 4.02. The summed E-state index contributed by atoms with van der Waals surface area (Å²) in [6, 6.07) is 0. The lowest BCUT2D eigenvalue weighted by atomic mass is 9.92. The van der Waals surface area contributed by atoms with E-state index in [9.17, 15) is 0 Å². The number of hydrogen-bond acceptors (Lipinski definition) is 1. The largest absolute Gasteiger partial charge is 0.372 e. The Morgan fingerprint density at radius 1 is 1.67 bits per heavy atom. The summed E-state index contributed by atoms with van der Waals surface area (Å²) in [7, 11) is 0. The Bertz CT molecular complexity index is 108. The maximum Gasteiger partial charge on any atom is 0.0711 e. The van der Waals surface area contributed by atoms with Crippen LogP contribution in [0.2, 0.25) is 0 Å². The van der Waals surface area contributed by atoms with Crippen LogP contribution in [0.4, 0.5) is 0 Å². The second kappa shape index (κ2) is 1.72. The molecule has 1 nitrogen and oxygen atoms in total. The third-order valence-corrected chi connectivity index (χ3v) is 2.64. The Kier molecular flexibility index (Phi) is 1.10. The van der Waals surface area contributed by atoms with Gasteiger partial charge in [-0.1, -0.05) is 13.3 Å². The second-order valence-corrected chi connectivity index (χ2v) is 3.42. The van der Waals surface area contributed by atoms with Gasteiger partial charge in [-0.25, -0.2) is 0 Å². The zero-order valence-corrected chi connectivity index (χ0v) is 6.02. The van der Waals surface area contributed by atoms with Gasteiger partial charge in [0, 0.05) is 6.42 Å². The van der Waals surface area contributed by atoms with Gasteiger partial charge >= 0.3 is 0 Å². The van der Waals surface area contributed by atoms with Crippen molar-refractivity contribution in [1.82, 2.24) is 0 Å². The van der Waals surface area contributed by atoms with Crippen molar-refractivity contribution in [2.24, 2.45) is 0 Å². The molecule has 0 aromatic heterocycles. The van der Waals surface area contributed by atoms with Crippen molar-refractivity contribution in [3.05, 3.63) is 0 Å². The maximum absolute atomic E-state index is 5.68. The van der Waals surface area contributed by atoms with Crippen LogP contribution in [0.1, 0.15) is 39.0 Å². The number of fused-ring (bicyclic) bond motifs is 1.